The summed E-state index contributed by atoms with van der Waals surface area (Å²) < 4.78 is 5.62. The van der Waals surface area contributed by atoms with Gasteiger partial charge in [0.1, 0.15) is 5.75 Å². The standard InChI is InChI=1S/C19H15NO5/c21-19(22)18(11-13-4-3-7-16(10-13)20(23)24)25-17-9-8-14-5-1-2-6-15(14)12-17/h1-10,12,18H,11H2,(H,21,22). The summed E-state index contributed by atoms with van der Waals surface area (Å²) in [6, 6.07) is 18.9. The molecule has 3 rings (SSSR count). The summed E-state index contributed by atoms with van der Waals surface area (Å²) in [5, 5.41) is 22.2. The van der Waals surface area contributed by atoms with Crippen LogP contribution in [0.3, 0.4) is 0 Å². The molecule has 0 bridgehead atoms. The van der Waals surface area contributed by atoms with Gasteiger partial charge < -0.3 is 9.84 Å². The molecular weight excluding hydrogens is 322 g/mol. The van der Waals surface area contributed by atoms with Gasteiger partial charge in [-0.1, -0.05) is 42.5 Å². The quantitative estimate of drug-likeness (QED) is 0.545. The van der Waals surface area contributed by atoms with Crippen LogP contribution in [-0.2, 0) is 11.2 Å². The molecule has 1 unspecified atom stereocenters. The van der Waals surface area contributed by atoms with E-state index >= 15 is 0 Å². The van der Waals surface area contributed by atoms with Gasteiger partial charge in [0.15, 0.2) is 6.10 Å². The van der Waals surface area contributed by atoms with E-state index in [4.69, 9.17) is 4.74 Å². The van der Waals surface area contributed by atoms with E-state index in [1.54, 1.807) is 18.2 Å². The minimum atomic E-state index is -1.14. The van der Waals surface area contributed by atoms with Crippen LogP contribution < -0.4 is 4.74 Å². The highest BCUT2D eigenvalue weighted by Crippen LogP contribution is 2.23. The molecule has 0 aliphatic rings. The molecule has 0 saturated carbocycles. The zero-order valence-corrected chi connectivity index (χ0v) is 13.2. The highest BCUT2D eigenvalue weighted by Gasteiger charge is 2.21. The second-order valence-corrected chi connectivity index (χ2v) is 5.58. The first-order valence-electron chi connectivity index (χ1n) is 7.64. The monoisotopic (exact) mass is 337 g/mol. The normalized spacial score (nSPS) is 11.8. The topological polar surface area (TPSA) is 89.7 Å². The average molecular weight is 337 g/mol. The van der Waals surface area contributed by atoms with Crippen molar-refractivity contribution in [2.24, 2.45) is 0 Å². The zero-order valence-electron chi connectivity index (χ0n) is 13.2. The van der Waals surface area contributed by atoms with Gasteiger partial charge in [0, 0.05) is 18.6 Å². The number of carboxylic acid groups (broad SMARTS) is 1. The maximum absolute atomic E-state index is 11.5. The summed E-state index contributed by atoms with van der Waals surface area (Å²) >= 11 is 0. The van der Waals surface area contributed by atoms with E-state index in [1.807, 2.05) is 30.3 Å². The molecule has 3 aromatic rings. The lowest BCUT2D eigenvalue weighted by atomic mass is 10.1. The number of non-ortho nitro benzene ring substituents is 1. The van der Waals surface area contributed by atoms with E-state index in [9.17, 15) is 20.0 Å². The number of aliphatic carboxylic acids is 1. The van der Waals surface area contributed by atoms with Crippen molar-refractivity contribution < 1.29 is 19.6 Å². The highest BCUT2D eigenvalue weighted by molar-refractivity contribution is 5.84. The van der Waals surface area contributed by atoms with Crippen LogP contribution in [0.5, 0.6) is 5.75 Å². The summed E-state index contributed by atoms with van der Waals surface area (Å²) in [7, 11) is 0. The Hall–Kier alpha value is -3.41. The number of hydrogen-bond donors (Lipinski definition) is 1. The van der Waals surface area contributed by atoms with Gasteiger partial charge in [-0.2, -0.15) is 0 Å². The van der Waals surface area contributed by atoms with Gasteiger partial charge in [-0.15, -0.1) is 0 Å². The van der Waals surface area contributed by atoms with Gasteiger partial charge >= 0.3 is 5.97 Å². The zero-order chi connectivity index (χ0) is 17.8. The SMILES string of the molecule is O=C(O)C(Cc1cccc([N+](=O)[O-])c1)Oc1ccc2ccccc2c1. The Labute approximate surface area is 143 Å². The van der Waals surface area contributed by atoms with Crippen LogP contribution in [0.4, 0.5) is 5.69 Å². The Kier molecular flexibility index (Phi) is 4.61. The highest BCUT2D eigenvalue weighted by atomic mass is 16.6. The van der Waals surface area contributed by atoms with Crippen LogP contribution >= 0.6 is 0 Å². The van der Waals surface area contributed by atoms with Crippen LogP contribution in [0.25, 0.3) is 10.8 Å². The van der Waals surface area contributed by atoms with E-state index in [-0.39, 0.29) is 12.1 Å². The van der Waals surface area contributed by atoms with Crippen molar-refractivity contribution in [1.82, 2.24) is 0 Å². The van der Waals surface area contributed by atoms with Gasteiger partial charge in [-0.3, -0.25) is 10.1 Å². The number of carbonyl (C=O) groups is 1. The van der Waals surface area contributed by atoms with Crippen LogP contribution in [0.1, 0.15) is 5.56 Å². The molecule has 6 heteroatoms. The fraction of sp³-hybridized carbons (Fsp3) is 0.105. The molecule has 6 nitrogen and oxygen atoms in total. The average Bonchev–Trinajstić information content (AvgIpc) is 2.61. The van der Waals surface area contributed by atoms with E-state index in [1.165, 1.54) is 18.2 Å². The van der Waals surface area contributed by atoms with Gasteiger partial charge in [0.2, 0.25) is 0 Å². The fourth-order valence-electron chi connectivity index (χ4n) is 2.60. The smallest absolute Gasteiger partial charge is 0.345 e. The number of nitrogens with zero attached hydrogens (tertiary/aromatic N) is 1. The number of nitro groups is 1. The molecule has 0 radical (unpaired) electrons. The summed E-state index contributed by atoms with van der Waals surface area (Å²) in [4.78, 5) is 21.9. The summed E-state index contributed by atoms with van der Waals surface area (Å²) in [5.74, 6) is -0.684. The van der Waals surface area contributed by atoms with E-state index in [2.05, 4.69) is 0 Å². The molecule has 0 aromatic heterocycles. The molecule has 25 heavy (non-hydrogen) atoms. The lowest BCUT2D eigenvalue weighted by molar-refractivity contribution is -0.384. The molecule has 3 aromatic carbocycles. The number of benzene rings is 3. The number of hydrogen-bond acceptors (Lipinski definition) is 4. The first-order valence-corrected chi connectivity index (χ1v) is 7.64. The van der Waals surface area contributed by atoms with Gasteiger partial charge in [-0.05, 0) is 28.5 Å². The van der Waals surface area contributed by atoms with Crippen molar-refractivity contribution in [1.29, 1.82) is 0 Å². The van der Waals surface area contributed by atoms with Crippen LogP contribution in [-0.4, -0.2) is 22.1 Å². The minimum absolute atomic E-state index is 0.0316. The van der Waals surface area contributed by atoms with Crippen LogP contribution in [0.2, 0.25) is 0 Å². The molecule has 0 fully saturated rings. The number of nitro benzene ring substituents is 1. The Morgan fingerprint density at radius 1 is 1.04 bits per heavy atom. The van der Waals surface area contributed by atoms with Crippen LogP contribution in [0.15, 0.2) is 66.7 Å². The number of carboxylic acids is 1. The minimum Gasteiger partial charge on any atom is -0.478 e. The third kappa shape index (κ3) is 3.92. The second-order valence-electron chi connectivity index (χ2n) is 5.58. The van der Waals surface area contributed by atoms with Gasteiger partial charge in [0.05, 0.1) is 4.92 Å². The third-order valence-corrected chi connectivity index (χ3v) is 3.82. The third-order valence-electron chi connectivity index (χ3n) is 3.82. The van der Waals surface area contributed by atoms with Crippen molar-refractivity contribution in [3.05, 3.63) is 82.4 Å². The first-order chi connectivity index (χ1) is 12.0. The Morgan fingerprint density at radius 3 is 2.52 bits per heavy atom. The summed E-state index contributed by atoms with van der Waals surface area (Å²) in [6.07, 6.45) is -1.10. The largest absolute Gasteiger partial charge is 0.478 e. The molecule has 0 aliphatic heterocycles. The van der Waals surface area contributed by atoms with Gasteiger partial charge in [0.25, 0.3) is 5.69 Å². The van der Waals surface area contributed by atoms with E-state index in [0.717, 1.165) is 10.8 Å². The molecule has 0 amide bonds. The maximum Gasteiger partial charge on any atom is 0.345 e. The molecule has 0 spiro atoms. The molecule has 0 aliphatic carbocycles. The van der Waals surface area contributed by atoms with Crippen LogP contribution in [0, 0.1) is 10.1 Å². The van der Waals surface area contributed by atoms with Crippen molar-refractivity contribution in [2.45, 2.75) is 12.5 Å². The molecule has 1 atom stereocenters. The molecule has 126 valence electrons. The summed E-state index contributed by atoms with van der Waals surface area (Å²) in [6.45, 7) is 0. The molecular formula is C19H15NO5. The van der Waals surface area contributed by atoms with Crippen molar-refractivity contribution in [3.63, 3.8) is 0 Å². The Bertz CT molecular complexity index is 938. The Balaban J connectivity index is 1.82. The van der Waals surface area contributed by atoms with Crippen molar-refractivity contribution >= 4 is 22.4 Å². The predicted octanol–water partition coefficient (Wildman–Crippen LogP) is 3.82. The van der Waals surface area contributed by atoms with Crippen molar-refractivity contribution in [3.8, 4) is 5.75 Å². The lowest BCUT2D eigenvalue weighted by Gasteiger charge is -2.15. The number of fused-ring (bicyclic) bond motifs is 1. The number of rotatable bonds is 6. The van der Waals surface area contributed by atoms with E-state index < -0.39 is 17.0 Å². The fourth-order valence-corrected chi connectivity index (χ4v) is 2.60. The molecule has 0 saturated heterocycles. The maximum atomic E-state index is 11.5. The number of ether oxygens (including phenoxy) is 1. The van der Waals surface area contributed by atoms with Crippen molar-refractivity contribution in [2.75, 3.05) is 0 Å². The van der Waals surface area contributed by atoms with Gasteiger partial charge in [-0.25, -0.2) is 4.79 Å². The Morgan fingerprint density at radius 2 is 1.80 bits per heavy atom. The second kappa shape index (κ2) is 7.00. The predicted molar refractivity (Wildman–Crippen MR) is 92.8 cm³/mol. The van der Waals surface area contributed by atoms with E-state index in [0.29, 0.717) is 11.3 Å². The lowest BCUT2D eigenvalue weighted by Crippen LogP contribution is -2.29. The first kappa shape index (κ1) is 16.4. The molecule has 1 N–H and O–H groups in total. The summed E-state index contributed by atoms with van der Waals surface area (Å²) in [5.41, 5.74) is 0.453. The molecule has 0 heterocycles.